The molecule has 4 nitrogen and oxygen atoms in total. The molecule has 2 unspecified atom stereocenters. The highest BCUT2D eigenvalue weighted by Gasteiger charge is 2.36. The first-order valence-corrected chi connectivity index (χ1v) is 5.79. The lowest BCUT2D eigenvalue weighted by atomic mass is 9.82. The van der Waals surface area contributed by atoms with Gasteiger partial charge in [0.25, 0.3) is 0 Å². The van der Waals surface area contributed by atoms with Crippen LogP contribution in [0.15, 0.2) is 24.3 Å². The lowest BCUT2D eigenvalue weighted by molar-refractivity contribution is -0.158. The highest BCUT2D eigenvalue weighted by molar-refractivity contribution is 5.84. The van der Waals surface area contributed by atoms with E-state index < -0.39 is 11.8 Å². The standard InChI is InChI=1S/C13H18O4/c1-4-16-12(14)10-7-6-9(3)8-11(10)13(15)17-5-2/h6-7,10-11H,3-5,8H2,1-2H3. The van der Waals surface area contributed by atoms with Crippen LogP contribution in [0.25, 0.3) is 0 Å². The van der Waals surface area contributed by atoms with Crippen LogP contribution < -0.4 is 0 Å². The summed E-state index contributed by atoms with van der Waals surface area (Å²) < 4.78 is 9.91. The zero-order valence-corrected chi connectivity index (χ0v) is 10.3. The summed E-state index contributed by atoms with van der Waals surface area (Å²) in [6, 6.07) is 0. The molecule has 0 saturated carbocycles. The van der Waals surface area contributed by atoms with Gasteiger partial charge in [-0.2, -0.15) is 0 Å². The molecule has 4 heteroatoms. The van der Waals surface area contributed by atoms with Crippen molar-refractivity contribution < 1.29 is 19.1 Å². The lowest BCUT2D eigenvalue weighted by Gasteiger charge is -2.25. The molecule has 2 atom stereocenters. The maximum atomic E-state index is 11.8. The molecule has 1 aliphatic rings. The van der Waals surface area contributed by atoms with E-state index in [0.29, 0.717) is 19.6 Å². The van der Waals surface area contributed by atoms with Crippen LogP contribution in [0, 0.1) is 11.8 Å². The van der Waals surface area contributed by atoms with Crippen LogP contribution in [0.1, 0.15) is 20.3 Å². The Morgan fingerprint density at radius 1 is 1.29 bits per heavy atom. The van der Waals surface area contributed by atoms with Crippen LogP contribution in [-0.2, 0) is 19.1 Å². The molecule has 0 bridgehead atoms. The third-order valence-electron chi connectivity index (χ3n) is 2.60. The molecule has 0 fully saturated rings. The molecule has 17 heavy (non-hydrogen) atoms. The van der Waals surface area contributed by atoms with Crippen LogP contribution in [0.3, 0.4) is 0 Å². The van der Waals surface area contributed by atoms with Crippen molar-refractivity contribution in [2.75, 3.05) is 13.2 Å². The summed E-state index contributed by atoms with van der Waals surface area (Å²) >= 11 is 0. The monoisotopic (exact) mass is 238 g/mol. The van der Waals surface area contributed by atoms with Gasteiger partial charge in [-0.25, -0.2) is 0 Å². The van der Waals surface area contributed by atoms with Gasteiger partial charge in [-0.15, -0.1) is 0 Å². The molecule has 0 saturated heterocycles. The molecule has 0 heterocycles. The third-order valence-corrected chi connectivity index (χ3v) is 2.60. The molecule has 0 N–H and O–H groups in total. The van der Waals surface area contributed by atoms with Crippen molar-refractivity contribution in [3.05, 3.63) is 24.3 Å². The molecule has 0 aromatic heterocycles. The number of allylic oxidation sites excluding steroid dienone is 2. The topological polar surface area (TPSA) is 52.6 Å². The summed E-state index contributed by atoms with van der Waals surface area (Å²) in [6.07, 6.45) is 3.88. The average molecular weight is 238 g/mol. The molecule has 1 aliphatic carbocycles. The Morgan fingerprint density at radius 3 is 2.47 bits per heavy atom. The summed E-state index contributed by atoms with van der Waals surface area (Å²) in [7, 11) is 0. The number of carbonyl (C=O) groups is 2. The number of hydrogen-bond acceptors (Lipinski definition) is 4. The highest BCUT2D eigenvalue weighted by atomic mass is 16.5. The van der Waals surface area contributed by atoms with Gasteiger partial charge in [-0.3, -0.25) is 9.59 Å². The lowest BCUT2D eigenvalue weighted by Crippen LogP contribution is -2.33. The van der Waals surface area contributed by atoms with E-state index in [1.54, 1.807) is 26.0 Å². The zero-order valence-electron chi connectivity index (χ0n) is 10.3. The number of esters is 2. The first kappa shape index (κ1) is 13.5. The number of hydrogen-bond donors (Lipinski definition) is 0. The van der Waals surface area contributed by atoms with Gasteiger partial charge in [0, 0.05) is 0 Å². The fraction of sp³-hybridized carbons (Fsp3) is 0.538. The van der Waals surface area contributed by atoms with Gasteiger partial charge < -0.3 is 9.47 Å². The summed E-state index contributed by atoms with van der Waals surface area (Å²) in [5.74, 6) is -1.81. The maximum absolute atomic E-state index is 11.8. The average Bonchev–Trinajstić information content (AvgIpc) is 2.29. The molecule has 0 spiro atoms. The molecule has 94 valence electrons. The number of rotatable bonds is 4. The minimum atomic E-state index is -0.556. The van der Waals surface area contributed by atoms with Gasteiger partial charge >= 0.3 is 11.9 Å². The van der Waals surface area contributed by atoms with Crippen molar-refractivity contribution in [3.63, 3.8) is 0 Å². The zero-order chi connectivity index (χ0) is 12.8. The molecule has 1 rings (SSSR count). The number of carbonyl (C=O) groups excluding carboxylic acids is 2. The van der Waals surface area contributed by atoms with Crippen LogP contribution in [-0.4, -0.2) is 25.2 Å². The van der Waals surface area contributed by atoms with Gasteiger partial charge in [-0.1, -0.05) is 24.3 Å². The van der Waals surface area contributed by atoms with Crippen molar-refractivity contribution in [3.8, 4) is 0 Å². The quantitative estimate of drug-likeness (QED) is 0.701. The predicted octanol–water partition coefficient (Wildman–Crippen LogP) is 1.86. The van der Waals surface area contributed by atoms with Crippen molar-refractivity contribution in [1.29, 1.82) is 0 Å². The third kappa shape index (κ3) is 3.44. The molecule has 0 amide bonds. The first-order valence-electron chi connectivity index (χ1n) is 5.79. The molecule has 0 aromatic carbocycles. The van der Waals surface area contributed by atoms with Crippen molar-refractivity contribution in [2.45, 2.75) is 20.3 Å². The number of ether oxygens (including phenoxy) is 2. The molecule has 0 aromatic rings. The van der Waals surface area contributed by atoms with E-state index in [9.17, 15) is 9.59 Å². The molecule has 0 radical (unpaired) electrons. The highest BCUT2D eigenvalue weighted by Crippen LogP contribution is 2.29. The van der Waals surface area contributed by atoms with Crippen molar-refractivity contribution in [1.82, 2.24) is 0 Å². The maximum Gasteiger partial charge on any atom is 0.313 e. The van der Waals surface area contributed by atoms with E-state index in [-0.39, 0.29) is 11.9 Å². The minimum Gasteiger partial charge on any atom is -0.466 e. The van der Waals surface area contributed by atoms with Gasteiger partial charge in [0.15, 0.2) is 0 Å². The van der Waals surface area contributed by atoms with E-state index >= 15 is 0 Å². The van der Waals surface area contributed by atoms with Crippen molar-refractivity contribution >= 4 is 11.9 Å². The molecule has 0 aliphatic heterocycles. The minimum absolute atomic E-state index is 0.305. The van der Waals surface area contributed by atoms with Crippen LogP contribution in [0.2, 0.25) is 0 Å². The van der Waals surface area contributed by atoms with Crippen LogP contribution in [0.5, 0.6) is 0 Å². The van der Waals surface area contributed by atoms with Gasteiger partial charge in [0.2, 0.25) is 0 Å². The Kier molecular flexibility index (Phi) is 4.94. The van der Waals surface area contributed by atoms with Crippen LogP contribution in [0.4, 0.5) is 0 Å². The largest absolute Gasteiger partial charge is 0.466 e. The SMILES string of the molecule is C=C1C=CC(C(=O)OCC)C(C(=O)OCC)C1. The second-order valence-corrected chi connectivity index (χ2v) is 3.86. The van der Waals surface area contributed by atoms with E-state index in [1.807, 2.05) is 0 Å². The van der Waals surface area contributed by atoms with Crippen molar-refractivity contribution in [2.24, 2.45) is 11.8 Å². The van der Waals surface area contributed by atoms with E-state index in [4.69, 9.17) is 9.47 Å². The second kappa shape index (κ2) is 6.23. The van der Waals surface area contributed by atoms with Gasteiger partial charge in [-0.05, 0) is 20.3 Å². The smallest absolute Gasteiger partial charge is 0.313 e. The first-order chi connectivity index (χ1) is 8.10. The Labute approximate surface area is 101 Å². The molecular weight excluding hydrogens is 220 g/mol. The Bertz CT molecular complexity index is 343. The Morgan fingerprint density at radius 2 is 1.88 bits per heavy atom. The fourth-order valence-corrected chi connectivity index (χ4v) is 1.81. The van der Waals surface area contributed by atoms with E-state index in [1.165, 1.54) is 0 Å². The van der Waals surface area contributed by atoms with E-state index in [0.717, 1.165) is 5.57 Å². The summed E-state index contributed by atoms with van der Waals surface area (Å²) in [5.41, 5.74) is 0.823. The predicted molar refractivity (Wildman–Crippen MR) is 63.1 cm³/mol. The fourth-order valence-electron chi connectivity index (χ4n) is 1.81. The summed E-state index contributed by atoms with van der Waals surface area (Å²) in [4.78, 5) is 23.5. The summed E-state index contributed by atoms with van der Waals surface area (Å²) in [5, 5.41) is 0. The molecular formula is C13H18O4. The van der Waals surface area contributed by atoms with E-state index in [2.05, 4.69) is 6.58 Å². The Balaban J connectivity index is 2.82. The van der Waals surface area contributed by atoms with Gasteiger partial charge in [0.1, 0.15) is 0 Å². The summed E-state index contributed by atoms with van der Waals surface area (Å²) in [6.45, 7) is 7.89. The normalized spacial score (nSPS) is 23.3. The van der Waals surface area contributed by atoms with Crippen LogP contribution >= 0.6 is 0 Å². The second-order valence-electron chi connectivity index (χ2n) is 3.86. The Hall–Kier alpha value is -1.58. The van der Waals surface area contributed by atoms with Gasteiger partial charge in [0.05, 0.1) is 25.0 Å².